The fraction of sp³-hybridized carbons (Fsp3) is 0.143. The number of amidine groups is 1. The van der Waals surface area contributed by atoms with Crippen molar-refractivity contribution in [3.05, 3.63) is 35.8 Å². The van der Waals surface area contributed by atoms with E-state index in [1.807, 2.05) is 30.6 Å². The van der Waals surface area contributed by atoms with Gasteiger partial charge >= 0.3 is 0 Å². The molecule has 0 bridgehead atoms. The first-order valence-electron chi connectivity index (χ1n) is 3.21. The molecule has 58 valence electrons. The second-order valence-corrected chi connectivity index (χ2v) is 2.13. The van der Waals surface area contributed by atoms with E-state index in [-0.39, 0.29) is 5.84 Å². The molecule has 4 nitrogen and oxygen atoms in total. The van der Waals surface area contributed by atoms with Crippen LogP contribution in [0.3, 0.4) is 0 Å². The average Bonchev–Trinajstić information content (AvgIpc) is 2.06. The average molecular weight is 151 g/mol. The van der Waals surface area contributed by atoms with E-state index in [9.17, 15) is 5.21 Å². The maximum Gasteiger partial charge on any atom is 0.204 e. The van der Waals surface area contributed by atoms with Crippen LogP contribution in [0.15, 0.2) is 35.7 Å². The second kappa shape index (κ2) is 3.55. The van der Waals surface area contributed by atoms with Crippen LogP contribution in [-0.4, -0.2) is 5.84 Å². The summed E-state index contributed by atoms with van der Waals surface area (Å²) in [5.74, 6) is 0.0844. The van der Waals surface area contributed by atoms with Crippen molar-refractivity contribution in [2.45, 2.75) is 6.54 Å². The van der Waals surface area contributed by atoms with Crippen molar-refractivity contribution in [2.24, 2.45) is 10.9 Å². The van der Waals surface area contributed by atoms with Crippen molar-refractivity contribution in [3.63, 3.8) is 0 Å². The maximum absolute atomic E-state index is 9.88. The first-order valence-corrected chi connectivity index (χ1v) is 3.21. The molecule has 0 radical (unpaired) electrons. The molecule has 4 heteroatoms. The largest absolute Gasteiger partial charge is 0.791 e. The van der Waals surface area contributed by atoms with Gasteiger partial charge < -0.3 is 16.1 Å². The van der Waals surface area contributed by atoms with Crippen LogP contribution in [0.5, 0.6) is 0 Å². The van der Waals surface area contributed by atoms with Gasteiger partial charge in [-0.15, -0.1) is 0 Å². The fourth-order valence-electron chi connectivity index (χ4n) is 0.756. The highest BCUT2D eigenvalue weighted by atomic mass is 16.4. The van der Waals surface area contributed by atoms with Gasteiger partial charge in [-0.3, -0.25) is 0 Å². The summed E-state index contributed by atoms with van der Waals surface area (Å²) in [6.45, 7) is 0.352. The molecular formula is C7H9N3O. The molecule has 0 aromatic carbocycles. The van der Waals surface area contributed by atoms with E-state index in [1.54, 1.807) is 4.57 Å². The van der Waals surface area contributed by atoms with Crippen LogP contribution >= 0.6 is 0 Å². The molecule has 1 heterocycles. The smallest absolute Gasteiger partial charge is 0.204 e. The summed E-state index contributed by atoms with van der Waals surface area (Å²) in [7, 11) is 0. The first-order chi connectivity index (χ1) is 5.33. The minimum Gasteiger partial charge on any atom is -0.791 e. The molecular weight excluding hydrogens is 142 g/mol. The van der Waals surface area contributed by atoms with Crippen molar-refractivity contribution >= 4 is 5.84 Å². The lowest BCUT2D eigenvalue weighted by Crippen LogP contribution is -2.39. The van der Waals surface area contributed by atoms with Gasteiger partial charge in [-0.25, -0.2) is 0 Å². The molecule has 11 heavy (non-hydrogen) atoms. The van der Waals surface area contributed by atoms with Gasteiger partial charge in [0.1, 0.15) is 0 Å². The number of hydrogen-bond donors (Lipinski definition) is 1. The topological polar surface area (TPSA) is 65.3 Å². The summed E-state index contributed by atoms with van der Waals surface area (Å²) in [6, 6.07) is 5.61. The predicted octanol–water partition coefficient (Wildman–Crippen LogP) is -0.171. The van der Waals surface area contributed by atoms with Gasteiger partial charge in [0.05, 0.1) is 0 Å². The number of nitrogens with two attached hydrogens (primary N) is 1. The molecule has 0 aliphatic carbocycles. The van der Waals surface area contributed by atoms with Gasteiger partial charge in [-0.2, -0.15) is 4.57 Å². The highest BCUT2D eigenvalue weighted by Crippen LogP contribution is 1.76. The Morgan fingerprint density at radius 2 is 2.00 bits per heavy atom. The third-order valence-corrected chi connectivity index (χ3v) is 1.24. The lowest BCUT2D eigenvalue weighted by Gasteiger charge is -1.97. The van der Waals surface area contributed by atoms with Crippen LogP contribution in [0.25, 0.3) is 0 Å². The summed E-state index contributed by atoms with van der Waals surface area (Å²) < 4.78 is 1.77. The summed E-state index contributed by atoms with van der Waals surface area (Å²) in [5.41, 5.74) is 5.22. The normalized spacial score (nSPS) is 11.5. The number of rotatable bonds is 2. The Labute approximate surface area is 64.6 Å². The van der Waals surface area contributed by atoms with Crippen molar-refractivity contribution in [1.29, 1.82) is 0 Å². The number of aromatic nitrogens is 1. The predicted molar refractivity (Wildman–Crippen MR) is 41.6 cm³/mol. The molecule has 0 unspecified atom stereocenters. The van der Waals surface area contributed by atoms with Crippen LogP contribution in [0, 0.1) is 5.21 Å². The standard InChI is InChI=1S/C7H9N3O/c8-7(9-11)6-10-4-2-1-3-5-10/h1-5H,6H2,(H2-,8,9,11). The number of nitrogens with zero attached hydrogens (tertiary/aromatic N) is 2. The van der Waals surface area contributed by atoms with Gasteiger partial charge in [-0.05, 0) is 0 Å². The molecule has 1 aromatic heterocycles. The fourth-order valence-corrected chi connectivity index (χ4v) is 0.756. The zero-order chi connectivity index (χ0) is 8.10. The molecule has 0 saturated carbocycles. The Balaban J connectivity index is 2.65. The molecule has 0 aliphatic rings. The Hall–Kier alpha value is -1.58. The van der Waals surface area contributed by atoms with E-state index in [1.165, 1.54) is 0 Å². The van der Waals surface area contributed by atoms with Gasteiger partial charge in [0.2, 0.25) is 6.54 Å². The van der Waals surface area contributed by atoms with Crippen LogP contribution in [0.2, 0.25) is 0 Å². The van der Waals surface area contributed by atoms with Gasteiger partial charge in [0.25, 0.3) is 0 Å². The van der Waals surface area contributed by atoms with E-state index >= 15 is 0 Å². The van der Waals surface area contributed by atoms with Crippen molar-refractivity contribution in [2.75, 3.05) is 0 Å². The molecule has 0 fully saturated rings. The summed E-state index contributed by atoms with van der Waals surface area (Å²) in [5, 5.41) is 12.5. The van der Waals surface area contributed by atoms with Gasteiger partial charge in [0.15, 0.2) is 18.2 Å². The highest BCUT2D eigenvalue weighted by molar-refractivity contribution is 5.78. The molecule has 1 aromatic rings. The molecule has 2 N–H and O–H groups in total. The lowest BCUT2D eigenvalue weighted by molar-refractivity contribution is -0.682. The molecule has 1 rings (SSSR count). The zero-order valence-electron chi connectivity index (χ0n) is 5.97. The lowest BCUT2D eigenvalue weighted by atomic mass is 10.4. The van der Waals surface area contributed by atoms with E-state index in [4.69, 9.17) is 5.73 Å². The van der Waals surface area contributed by atoms with Gasteiger partial charge in [-0.1, -0.05) is 6.07 Å². The van der Waals surface area contributed by atoms with E-state index in [2.05, 4.69) is 5.16 Å². The summed E-state index contributed by atoms with van der Waals surface area (Å²) >= 11 is 0. The Kier molecular flexibility index (Phi) is 2.43. The van der Waals surface area contributed by atoms with Crippen molar-refractivity contribution < 1.29 is 4.57 Å². The Morgan fingerprint density at radius 1 is 1.36 bits per heavy atom. The van der Waals surface area contributed by atoms with Crippen molar-refractivity contribution in [3.8, 4) is 0 Å². The third kappa shape index (κ3) is 2.25. The second-order valence-electron chi connectivity index (χ2n) is 2.13. The Morgan fingerprint density at radius 3 is 2.55 bits per heavy atom. The van der Waals surface area contributed by atoms with E-state index in [0.717, 1.165) is 0 Å². The zero-order valence-corrected chi connectivity index (χ0v) is 5.97. The Bertz CT molecular complexity index is 245. The van der Waals surface area contributed by atoms with Crippen molar-refractivity contribution in [1.82, 2.24) is 0 Å². The quantitative estimate of drug-likeness (QED) is 0.276. The van der Waals surface area contributed by atoms with E-state index < -0.39 is 0 Å². The minimum absolute atomic E-state index is 0.0844. The summed E-state index contributed by atoms with van der Waals surface area (Å²) in [6.07, 6.45) is 3.64. The SMILES string of the molecule is N/C(C[n+]1ccccc1)=N\[O-]. The molecule has 0 saturated heterocycles. The van der Waals surface area contributed by atoms with Crippen LogP contribution < -0.4 is 10.3 Å². The number of pyridine rings is 1. The summed E-state index contributed by atoms with van der Waals surface area (Å²) in [4.78, 5) is 0. The first kappa shape index (κ1) is 7.53. The molecule has 0 atom stereocenters. The highest BCUT2D eigenvalue weighted by Gasteiger charge is 1.98. The maximum atomic E-state index is 9.88. The monoisotopic (exact) mass is 151 g/mol. The van der Waals surface area contributed by atoms with Crippen LogP contribution in [0.1, 0.15) is 0 Å². The van der Waals surface area contributed by atoms with Crippen LogP contribution in [0.4, 0.5) is 0 Å². The van der Waals surface area contributed by atoms with Crippen LogP contribution in [-0.2, 0) is 6.54 Å². The molecule has 0 spiro atoms. The van der Waals surface area contributed by atoms with Gasteiger partial charge in [0, 0.05) is 12.1 Å². The molecule has 0 amide bonds. The molecule has 0 aliphatic heterocycles. The number of hydrogen-bond acceptors (Lipinski definition) is 2. The minimum atomic E-state index is 0.0844. The third-order valence-electron chi connectivity index (χ3n) is 1.24. The van der Waals surface area contributed by atoms with E-state index in [0.29, 0.717) is 6.54 Å².